The first-order chi connectivity index (χ1) is 12.6. The van der Waals surface area contributed by atoms with Gasteiger partial charge in [0.25, 0.3) is 0 Å². The van der Waals surface area contributed by atoms with Crippen molar-refractivity contribution in [1.82, 2.24) is 4.98 Å². The van der Waals surface area contributed by atoms with Crippen molar-refractivity contribution < 1.29 is 18.7 Å². The molecule has 0 amide bonds. The maximum atomic E-state index is 13.3. The summed E-state index contributed by atoms with van der Waals surface area (Å²) in [5.41, 5.74) is 1.75. The van der Waals surface area contributed by atoms with Crippen LogP contribution >= 0.6 is 11.3 Å². The number of hydrogen-bond acceptors (Lipinski definition) is 6. The molecule has 2 aromatic carbocycles. The van der Waals surface area contributed by atoms with E-state index in [0.29, 0.717) is 18.8 Å². The number of rotatable bonds is 5. The molecule has 0 spiro atoms. The lowest BCUT2D eigenvalue weighted by molar-refractivity contribution is -0.152. The van der Waals surface area contributed by atoms with Crippen molar-refractivity contribution in [3.8, 4) is 5.75 Å². The number of halogens is 1. The number of para-hydroxylation sites is 1. The topological polar surface area (TPSA) is 51.7 Å². The lowest BCUT2D eigenvalue weighted by atomic mass is 10.2. The highest BCUT2D eigenvalue weighted by Crippen LogP contribution is 2.32. The van der Waals surface area contributed by atoms with Crippen LogP contribution in [0.1, 0.15) is 5.56 Å². The number of anilines is 1. The van der Waals surface area contributed by atoms with Crippen molar-refractivity contribution in [3.05, 3.63) is 53.8 Å². The molecule has 1 aliphatic heterocycles. The first-order valence-corrected chi connectivity index (χ1v) is 9.09. The van der Waals surface area contributed by atoms with Gasteiger partial charge < -0.3 is 14.4 Å². The van der Waals surface area contributed by atoms with Crippen LogP contribution in [0.25, 0.3) is 10.2 Å². The number of aromatic nitrogens is 1. The van der Waals surface area contributed by atoms with Gasteiger partial charge in [-0.25, -0.2) is 14.2 Å². The molecule has 0 N–H and O–H groups in total. The van der Waals surface area contributed by atoms with E-state index in [2.05, 4.69) is 4.98 Å². The number of fused-ring (bicyclic) bond motifs is 1. The monoisotopic (exact) mass is 372 g/mol. The molecule has 0 unspecified atom stereocenters. The zero-order valence-electron chi connectivity index (χ0n) is 14.1. The van der Waals surface area contributed by atoms with E-state index < -0.39 is 0 Å². The fourth-order valence-electron chi connectivity index (χ4n) is 2.77. The van der Waals surface area contributed by atoms with Gasteiger partial charge >= 0.3 is 5.97 Å². The van der Waals surface area contributed by atoms with Crippen molar-refractivity contribution in [2.24, 2.45) is 0 Å². The molecular weight excluding hydrogens is 355 g/mol. The van der Waals surface area contributed by atoms with Gasteiger partial charge in [-0.3, -0.25) is 0 Å². The third kappa shape index (κ3) is 3.48. The van der Waals surface area contributed by atoms with Crippen molar-refractivity contribution in [1.29, 1.82) is 0 Å². The van der Waals surface area contributed by atoms with Crippen LogP contribution in [-0.4, -0.2) is 36.8 Å². The standard InChI is InChI=1S/C19H17FN2O3S/c1-12-4-2-3-5-16(12)24-11-18(23)25-14-9-22(10-14)19-21-15-7-6-13(20)8-17(15)26-19/h2-8,14H,9-11H2,1H3. The van der Waals surface area contributed by atoms with Gasteiger partial charge in [-0.15, -0.1) is 0 Å². The summed E-state index contributed by atoms with van der Waals surface area (Å²) >= 11 is 1.44. The van der Waals surface area contributed by atoms with Gasteiger partial charge in [-0.1, -0.05) is 29.5 Å². The highest BCUT2D eigenvalue weighted by Gasteiger charge is 2.32. The van der Waals surface area contributed by atoms with E-state index >= 15 is 0 Å². The number of nitrogens with zero attached hydrogens (tertiary/aromatic N) is 2. The molecule has 0 radical (unpaired) electrons. The number of ether oxygens (including phenoxy) is 2. The molecule has 1 saturated heterocycles. The summed E-state index contributed by atoms with van der Waals surface area (Å²) in [7, 11) is 0. The Kier molecular flexibility index (Phi) is 4.46. The zero-order valence-corrected chi connectivity index (χ0v) is 15.0. The van der Waals surface area contributed by atoms with Crippen LogP contribution in [0.5, 0.6) is 5.75 Å². The minimum absolute atomic E-state index is 0.109. The summed E-state index contributed by atoms with van der Waals surface area (Å²) in [6.07, 6.45) is -0.174. The Balaban J connectivity index is 1.27. The lowest BCUT2D eigenvalue weighted by Crippen LogP contribution is -2.53. The molecule has 0 saturated carbocycles. The average molecular weight is 372 g/mol. The predicted octanol–water partition coefficient (Wildman–Crippen LogP) is 3.55. The highest BCUT2D eigenvalue weighted by atomic mass is 32.1. The molecule has 1 aromatic heterocycles. The van der Waals surface area contributed by atoms with Crippen LogP contribution in [0.2, 0.25) is 0 Å². The third-order valence-corrected chi connectivity index (χ3v) is 5.27. The number of esters is 1. The summed E-state index contributed by atoms with van der Waals surface area (Å²) in [5.74, 6) is 0.0300. The summed E-state index contributed by atoms with van der Waals surface area (Å²) < 4.78 is 25.0. The van der Waals surface area contributed by atoms with Crippen LogP contribution in [-0.2, 0) is 9.53 Å². The first-order valence-electron chi connectivity index (χ1n) is 8.27. The highest BCUT2D eigenvalue weighted by molar-refractivity contribution is 7.22. The van der Waals surface area contributed by atoms with Crippen molar-refractivity contribution in [2.45, 2.75) is 13.0 Å². The van der Waals surface area contributed by atoms with E-state index in [1.165, 1.54) is 23.5 Å². The number of hydrogen-bond donors (Lipinski definition) is 0. The lowest BCUT2D eigenvalue weighted by Gasteiger charge is -2.38. The molecule has 134 valence electrons. The molecule has 1 fully saturated rings. The maximum absolute atomic E-state index is 13.3. The van der Waals surface area contributed by atoms with Crippen molar-refractivity contribution in [2.75, 3.05) is 24.6 Å². The van der Waals surface area contributed by atoms with E-state index in [-0.39, 0.29) is 24.5 Å². The Labute approximate surface area is 154 Å². The van der Waals surface area contributed by atoms with Gasteiger partial charge in [0, 0.05) is 0 Å². The minimum atomic E-state index is -0.385. The van der Waals surface area contributed by atoms with E-state index in [9.17, 15) is 9.18 Å². The molecule has 7 heteroatoms. The molecule has 0 bridgehead atoms. The molecule has 26 heavy (non-hydrogen) atoms. The van der Waals surface area contributed by atoms with Gasteiger partial charge in [-0.05, 0) is 36.8 Å². The quantitative estimate of drug-likeness (QED) is 0.641. The van der Waals surface area contributed by atoms with Gasteiger partial charge in [0.15, 0.2) is 11.7 Å². The van der Waals surface area contributed by atoms with Crippen LogP contribution in [0.3, 0.4) is 0 Å². The molecule has 4 rings (SSSR count). The van der Waals surface area contributed by atoms with Crippen LogP contribution in [0.4, 0.5) is 9.52 Å². The molecule has 3 aromatic rings. The Bertz CT molecular complexity index is 953. The predicted molar refractivity (Wildman–Crippen MR) is 98.3 cm³/mol. The van der Waals surface area contributed by atoms with Crippen LogP contribution in [0.15, 0.2) is 42.5 Å². The van der Waals surface area contributed by atoms with E-state index in [1.54, 1.807) is 6.07 Å². The average Bonchev–Trinajstić information content (AvgIpc) is 2.99. The largest absolute Gasteiger partial charge is 0.482 e. The van der Waals surface area contributed by atoms with E-state index in [0.717, 1.165) is 20.9 Å². The summed E-state index contributed by atoms with van der Waals surface area (Å²) in [6, 6.07) is 12.1. The Morgan fingerprint density at radius 1 is 1.31 bits per heavy atom. The Hall–Kier alpha value is -2.67. The number of carbonyl (C=O) groups excluding carboxylic acids is 1. The molecule has 1 aliphatic rings. The maximum Gasteiger partial charge on any atom is 0.344 e. The fourth-order valence-corrected chi connectivity index (χ4v) is 3.77. The second kappa shape index (κ2) is 6.92. The smallest absolute Gasteiger partial charge is 0.344 e. The Morgan fingerprint density at radius 2 is 2.12 bits per heavy atom. The Morgan fingerprint density at radius 3 is 2.92 bits per heavy atom. The number of carbonyl (C=O) groups is 1. The minimum Gasteiger partial charge on any atom is -0.482 e. The van der Waals surface area contributed by atoms with Crippen molar-refractivity contribution >= 4 is 32.7 Å². The van der Waals surface area contributed by atoms with Gasteiger partial charge in [-0.2, -0.15) is 0 Å². The molecule has 0 aliphatic carbocycles. The normalized spacial score (nSPS) is 14.3. The van der Waals surface area contributed by atoms with E-state index in [4.69, 9.17) is 9.47 Å². The second-order valence-electron chi connectivity index (χ2n) is 6.18. The molecule has 5 nitrogen and oxygen atoms in total. The summed E-state index contributed by atoms with van der Waals surface area (Å²) in [4.78, 5) is 18.4. The summed E-state index contributed by atoms with van der Waals surface area (Å²) in [6.45, 7) is 2.98. The van der Waals surface area contributed by atoms with Crippen LogP contribution < -0.4 is 9.64 Å². The molecular formula is C19H17FN2O3S. The SMILES string of the molecule is Cc1ccccc1OCC(=O)OC1CN(c2nc3ccc(F)cc3s2)C1. The van der Waals surface area contributed by atoms with Crippen LogP contribution in [0, 0.1) is 12.7 Å². The molecule has 2 heterocycles. The zero-order chi connectivity index (χ0) is 18.1. The summed E-state index contributed by atoms with van der Waals surface area (Å²) in [5, 5.41) is 0.814. The number of benzene rings is 2. The number of aryl methyl sites for hydroxylation is 1. The van der Waals surface area contributed by atoms with Crippen molar-refractivity contribution in [3.63, 3.8) is 0 Å². The third-order valence-electron chi connectivity index (χ3n) is 4.19. The second-order valence-corrected chi connectivity index (χ2v) is 7.19. The fraction of sp³-hybridized carbons (Fsp3) is 0.263. The molecule has 0 atom stereocenters. The van der Waals surface area contributed by atoms with Gasteiger partial charge in [0.2, 0.25) is 0 Å². The number of thiazole rings is 1. The van der Waals surface area contributed by atoms with Gasteiger partial charge in [0.1, 0.15) is 17.7 Å². The van der Waals surface area contributed by atoms with E-state index in [1.807, 2.05) is 36.1 Å². The van der Waals surface area contributed by atoms with Gasteiger partial charge in [0.05, 0.1) is 23.3 Å². The first kappa shape index (κ1) is 16.8.